The van der Waals surface area contributed by atoms with E-state index in [9.17, 15) is 13.2 Å². The van der Waals surface area contributed by atoms with E-state index in [0.29, 0.717) is 0 Å². The van der Waals surface area contributed by atoms with Gasteiger partial charge in [0, 0.05) is 10.6 Å². The van der Waals surface area contributed by atoms with Crippen molar-refractivity contribution in [3.8, 4) is 0 Å². The van der Waals surface area contributed by atoms with Gasteiger partial charge in [-0.3, -0.25) is 4.79 Å². The number of hydrogen-bond donors (Lipinski definition) is 2. The average molecular weight is 381 g/mol. The Morgan fingerprint density at radius 3 is 2.52 bits per heavy atom. The second kappa shape index (κ2) is 8.12. The zero-order valence-corrected chi connectivity index (χ0v) is 16.6. The fourth-order valence-corrected chi connectivity index (χ4v) is 4.77. The molecule has 25 heavy (non-hydrogen) atoms. The van der Waals surface area contributed by atoms with Crippen LogP contribution in [0.2, 0.25) is 0 Å². The summed E-state index contributed by atoms with van der Waals surface area (Å²) in [5.74, 6) is -0.127. The number of benzene rings is 1. The van der Waals surface area contributed by atoms with Crippen LogP contribution >= 0.6 is 11.3 Å². The van der Waals surface area contributed by atoms with E-state index < -0.39 is 10.0 Å². The Balaban J connectivity index is 2.06. The van der Waals surface area contributed by atoms with Gasteiger partial charge in [-0.25, -0.2) is 13.1 Å². The molecule has 2 rings (SSSR count). The summed E-state index contributed by atoms with van der Waals surface area (Å²) in [4.78, 5) is 13.2. The number of carbonyl (C=O) groups excluding carboxylic acids is 1. The zero-order chi connectivity index (χ0) is 18.6. The van der Waals surface area contributed by atoms with Gasteiger partial charge in [-0.15, -0.1) is 11.3 Å². The summed E-state index contributed by atoms with van der Waals surface area (Å²) in [6.07, 6.45) is 0.784. The van der Waals surface area contributed by atoms with Crippen molar-refractivity contribution in [2.75, 3.05) is 11.9 Å². The normalized spacial score (nSPS) is 11.7. The van der Waals surface area contributed by atoms with Gasteiger partial charge in [0.05, 0.1) is 6.54 Å². The van der Waals surface area contributed by atoms with E-state index in [4.69, 9.17) is 0 Å². The predicted molar refractivity (Wildman–Crippen MR) is 103 cm³/mol. The molecule has 0 fully saturated rings. The highest BCUT2D eigenvalue weighted by atomic mass is 32.2. The van der Waals surface area contributed by atoms with Crippen LogP contribution < -0.4 is 10.0 Å². The Morgan fingerprint density at radius 2 is 1.92 bits per heavy atom. The van der Waals surface area contributed by atoms with Crippen LogP contribution in [0.3, 0.4) is 0 Å². The van der Waals surface area contributed by atoms with E-state index in [1.807, 2.05) is 32.0 Å². The maximum absolute atomic E-state index is 12.3. The van der Waals surface area contributed by atoms with Crippen LogP contribution in [0.4, 0.5) is 5.69 Å². The number of amides is 1. The number of aryl methyl sites for hydroxylation is 2. The largest absolute Gasteiger partial charge is 0.324 e. The number of thiophene rings is 1. The number of carbonyl (C=O) groups is 1. The standard InChI is InChI=1S/C18H24N2O3S2/c1-5-14-9-10-17(24-14)25(22,23)19-11-16(21)20-18-13(4)7-6-8-15(18)12(2)3/h6-10,12,19H,5,11H2,1-4H3,(H,20,21). The molecule has 0 unspecified atom stereocenters. The molecule has 0 aliphatic rings. The molecule has 2 aromatic rings. The quantitative estimate of drug-likeness (QED) is 0.770. The Morgan fingerprint density at radius 1 is 1.20 bits per heavy atom. The Kier molecular flexibility index (Phi) is 6.37. The number of nitrogens with one attached hydrogen (secondary N) is 2. The van der Waals surface area contributed by atoms with Crippen LogP contribution in [-0.2, 0) is 21.2 Å². The third-order valence-corrected chi connectivity index (χ3v) is 6.99. The van der Waals surface area contributed by atoms with E-state index >= 15 is 0 Å². The molecule has 5 nitrogen and oxygen atoms in total. The van der Waals surface area contributed by atoms with E-state index in [0.717, 1.165) is 28.1 Å². The van der Waals surface area contributed by atoms with Crippen molar-refractivity contribution in [1.82, 2.24) is 4.72 Å². The summed E-state index contributed by atoms with van der Waals surface area (Å²) in [7, 11) is -3.67. The van der Waals surface area contributed by atoms with Crippen LogP contribution in [0.5, 0.6) is 0 Å². The van der Waals surface area contributed by atoms with Gasteiger partial charge >= 0.3 is 0 Å². The van der Waals surface area contributed by atoms with E-state index in [1.165, 1.54) is 11.3 Å². The highest BCUT2D eigenvalue weighted by Crippen LogP contribution is 2.27. The van der Waals surface area contributed by atoms with Crippen molar-refractivity contribution in [1.29, 1.82) is 0 Å². The molecule has 1 heterocycles. The second-order valence-electron chi connectivity index (χ2n) is 6.14. The summed E-state index contributed by atoms with van der Waals surface area (Å²) in [6.45, 7) is 7.69. The molecule has 2 N–H and O–H groups in total. The second-order valence-corrected chi connectivity index (χ2v) is 9.30. The van der Waals surface area contributed by atoms with E-state index in [2.05, 4.69) is 23.9 Å². The summed E-state index contributed by atoms with van der Waals surface area (Å²) < 4.78 is 27.2. The Bertz CT molecular complexity index is 855. The molecule has 0 saturated carbocycles. The van der Waals surface area contributed by atoms with Gasteiger partial charge < -0.3 is 5.32 Å². The van der Waals surface area contributed by atoms with Gasteiger partial charge in [0.2, 0.25) is 5.91 Å². The van der Waals surface area contributed by atoms with E-state index in [-0.39, 0.29) is 22.6 Å². The number of anilines is 1. The topological polar surface area (TPSA) is 75.3 Å². The van der Waals surface area contributed by atoms with Gasteiger partial charge in [-0.2, -0.15) is 0 Å². The van der Waals surface area contributed by atoms with Crippen molar-refractivity contribution in [3.05, 3.63) is 46.3 Å². The lowest BCUT2D eigenvalue weighted by atomic mass is 9.98. The molecule has 0 bridgehead atoms. The van der Waals surface area contributed by atoms with Crippen LogP contribution in [-0.4, -0.2) is 20.9 Å². The fraction of sp³-hybridized carbons (Fsp3) is 0.389. The Labute approximate surface area is 153 Å². The van der Waals surface area contributed by atoms with Crippen molar-refractivity contribution in [3.63, 3.8) is 0 Å². The summed E-state index contributed by atoms with van der Waals surface area (Å²) >= 11 is 1.22. The summed E-state index contributed by atoms with van der Waals surface area (Å²) in [5, 5.41) is 2.84. The maximum Gasteiger partial charge on any atom is 0.250 e. The first kappa shape index (κ1) is 19.6. The molecule has 1 amide bonds. The summed E-state index contributed by atoms with van der Waals surface area (Å²) in [5.41, 5.74) is 2.74. The minimum Gasteiger partial charge on any atom is -0.324 e. The van der Waals surface area contributed by atoms with Crippen LogP contribution in [0, 0.1) is 6.92 Å². The molecule has 7 heteroatoms. The zero-order valence-electron chi connectivity index (χ0n) is 14.9. The van der Waals surface area contributed by atoms with Crippen LogP contribution in [0.25, 0.3) is 0 Å². The van der Waals surface area contributed by atoms with Gasteiger partial charge in [-0.1, -0.05) is 39.0 Å². The maximum atomic E-state index is 12.3. The molecular weight excluding hydrogens is 356 g/mol. The number of para-hydroxylation sites is 1. The van der Waals surface area contributed by atoms with Gasteiger partial charge in [-0.05, 0) is 42.5 Å². The highest BCUT2D eigenvalue weighted by Gasteiger charge is 2.19. The van der Waals surface area contributed by atoms with E-state index in [1.54, 1.807) is 12.1 Å². The van der Waals surface area contributed by atoms with Crippen molar-refractivity contribution in [2.24, 2.45) is 0 Å². The molecule has 1 aromatic heterocycles. The van der Waals surface area contributed by atoms with Crippen LogP contribution in [0.1, 0.15) is 42.7 Å². The minimum absolute atomic E-state index is 0.232. The average Bonchev–Trinajstić information content (AvgIpc) is 3.05. The Hall–Kier alpha value is -1.70. The van der Waals surface area contributed by atoms with Gasteiger partial charge in [0.15, 0.2) is 0 Å². The number of hydrogen-bond acceptors (Lipinski definition) is 4. The minimum atomic E-state index is -3.67. The lowest BCUT2D eigenvalue weighted by molar-refractivity contribution is -0.115. The smallest absolute Gasteiger partial charge is 0.250 e. The molecule has 0 spiro atoms. The first-order chi connectivity index (χ1) is 11.7. The molecule has 0 aliphatic heterocycles. The van der Waals surface area contributed by atoms with Gasteiger partial charge in [0.1, 0.15) is 4.21 Å². The van der Waals surface area contributed by atoms with Crippen LogP contribution in [0.15, 0.2) is 34.5 Å². The molecule has 1 aromatic carbocycles. The number of rotatable bonds is 7. The lowest BCUT2D eigenvalue weighted by Gasteiger charge is -2.16. The highest BCUT2D eigenvalue weighted by molar-refractivity contribution is 7.91. The van der Waals surface area contributed by atoms with Crippen molar-refractivity contribution in [2.45, 2.75) is 44.2 Å². The first-order valence-corrected chi connectivity index (χ1v) is 10.5. The lowest BCUT2D eigenvalue weighted by Crippen LogP contribution is -2.33. The SMILES string of the molecule is CCc1ccc(S(=O)(=O)NCC(=O)Nc2c(C)cccc2C(C)C)s1. The molecule has 0 aliphatic carbocycles. The molecule has 0 atom stereocenters. The fourth-order valence-electron chi connectivity index (χ4n) is 2.45. The first-order valence-electron chi connectivity index (χ1n) is 8.22. The van der Waals surface area contributed by atoms with Crippen molar-refractivity contribution >= 4 is 33.0 Å². The molecule has 136 valence electrons. The predicted octanol–water partition coefficient (Wildman–Crippen LogP) is 3.66. The molecule has 0 saturated heterocycles. The third kappa shape index (κ3) is 4.90. The van der Waals surface area contributed by atoms with Crippen molar-refractivity contribution < 1.29 is 13.2 Å². The number of sulfonamides is 1. The van der Waals surface area contributed by atoms with Gasteiger partial charge in [0.25, 0.3) is 10.0 Å². The molecular formula is C18H24N2O3S2. The summed E-state index contributed by atoms with van der Waals surface area (Å²) in [6, 6.07) is 9.20. The monoisotopic (exact) mass is 380 g/mol. The third-order valence-electron chi connectivity index (χ3n) is 3.86. The molecule has 0 radical (unpaired) electrons.